The molecule has 0 aliphatic carbocycles. The van der Waals surface area contributed by atoms with E-state index < -0.39 is 0 Å². The van der Waals surface area contributed by atoms with Crippen molar-refractivity contribution in [3.8, 4) is 0 Å². The minimum Gasteiger partial charge on any atom is -0.499 e. The Balaban J connectivity index is 3.02. The SMILES string of the molecule is C=COCCOCCOCCOCCOCCOCCOCCOCCOCCOCCOCCOCCOCCBr. The molecule has 0 unspecified atom stereocenters. The number of alkyl halides is 1. The van der Waals surface area contributed by atoms with Crippen LogP contribution in [0.4, 0.5) is 0 Å². The lowest BCUT2D eigenvalue weighted by molar-refractivity contribution is -0.0285. The van der Waals surface area contributed by atoms with Gasteiger partial charge in [-0.2, -0.15) is 0 Å². The van der Waals surface area contributed by atoms with Crippen molar-refractivity contribution >= 4 is 15.9 Å². The van der Waals surface area contributed by atoms with Gasteiger partial charge >= 0.3 is 0 Å². The number of halogens is 1. The smallest absolute Gasteiger partial charge is 0.111 e. The van der Waals surface area contributed by atoms with Crippen LogP contribution in [0, 0.1) is 0 Å². The Morgan fingerprint density at radius 3 is 0.619 bits per heavy atom. The molecule has 0 atom stereocenters. The van der Waals surface area contributed by atoms with Crippen LogP contribution in [0.5, 0.6) is 0 Å². The molecule has 0 fully saturated rings. The third kappa shape index (κ3) is 39.5. The number of hydrogen-bond acceptors (Lipinski definition) is 13. The van der Waals surface area contributed by atoms with Crippen molar-refractivity contribution in [1.82, 2.24) is 0 Å². The van der Waals surface area contributed by atoms with Crippen molar-refractivity contribution in [3.63, 3.8) is 0 Å². The van der Waals surface area contributed by atoms with Crippen LogP contribution in [0.1, 0.15) is 0 Å². The van der Waals surface area contributed by atoms with E-state index in [9.17, 15) is 0 Å². The second-order valence-electron chi connectivity index (χ2n) is 8.07. The minimum absolute atomic E-state index is 0.502. The highest BCUT2D eigenvalue weighted by Gasteiger charge is 1.96. The van der Waals surface area contributed by atoms with Gasteiger partial charge in [-0.25, -0.2) is 0 Å². The van der Waals surface area contributed by atoms with Gasteiger partial charge in [-0.1, -0.05) is 22.5 Å². The first-order valence-corrected chi connectivity index (χ1v) is 15.7. The standard InChI is InChI=1S/C28H55BrO13/c1-2-30-5-6-32-9-10-34-13-14-36-17-18-38-21-22-40-25-26-42-28-27-41-24-23-39-20-19-37-16-15-35-12-11-33-8-7-31-4-3-29/h2H,1,3-28H2. The molecule has 0 radical (unpaired) electrons. The molecule has 0 rings (SSSR count). The molecule has 42 heavy (non-hydrogen) atoms. The molecule has 14 heteroatoms. The highest BCUT2D eigenvalue weighted by atomic mass is 79.9. The summed E-state index contributed by atoms with van der Waals surface area (Å²) in [5, 5.41) is 0.837. The summed E-state index contributed by atoms with van der Waals surface area (Å²) < 4.78 is 69.9. The molecule has 0 amide bonds. The normalized spacial score (nSPS) is 11.4. The van der Waals surface area contributed by atoms with Crippen LogP contribution >= 0.6 is 15.9 Å². The molecule has 13 nitrogen and oxygen atoms in total. The Labute approximate surface area is 260 Å². The van der Waals surface area contributed by atoms with Crippen LogP contribution in [0.15, 0.2) is 12.8 Å². The van der Waals surface area contributed by atoms with Crippen molar-refractivity contribution < 1.29 is 61.6 Å². The predicted molar refractivity (Wildman–Crippen MR) is 160 cm³/mol. The molecule has 0 bridgehead atoms. The summed E-state index contributed by atoms with van der Waals surface area (Å²) in [4.78, 5) is 0. The second kappa shape index (κ2) is 40.5. The fourth-order valence-electron chi connectivity index (χ4n) is 2.77. The number of rotatable bonds is 39. The van der Waals surface area contributed by atoms with Crippen LogP contribution in [-0.4, -0.2) is 171 Å². The van der Waals surface area contributed by atoms with Gasteiger partial charge in [0, 0.05) is 5.33 Å². The average molecular weight is 680 g/mol. The largest absolute Gasteiger partial charge is 0.499 e. The molecule has 0 aliphatic heterocycles. The van der Waals surface area contributed by atoms with Gasteiger partial charge in [-0.05, 0) is 0 Å². The number of hydrogen-bond donors (Lipinski definition) is 0. The summed E-state index contributed by atoms with van der Waals surface area (Å²) in [7, 11) is 0. The first-order chi connectivity index (χ1) is 20.9. The molecule has 0 N–H and O–H groups in total. The summed E-state index contributed by atoms with van der Waals surface area (Å²) in [5.41, 5.74) is 0. The maximum Gasteiger partial charge on any atom is 0.111 e. The second-order valence-corrected chi connectivity index (χ2v) is 8.87. The molecule has 0 aliphatic rings. The quantitative estimate of drug-likeness (QED) is 0.0534. The van der Waals surface area contributed by atoms with Crippen molar-refractivity contribution in [1.29, 1.82) is 0 Å². The van der Waals surface area contributed by atoms with E-state index >= 15 is 0 Å². The van der Waals surface area contributed by atoms with Gasteiger partial charge in [0.2, 0.25) is 0 Å². The zero-order chi connectivity index (χ0) is 30.3. The molecule has 0 spiro atoms. The van der Waals surface area contributed by atoms with Gasteiger partial charge in [-0.3, -0.25) is 0 Å². The Morgan fingerprint density at radius 2 is 0.452 bits per heavy atom. The zero-order valence-electron chi connectivity index (χ0n) is 25.4. The van der Waals surface area contributed by atoms with Gasteiger partial charge < -0.3 is 61.6 Å². The van der Waals surface area contributed by atoms with E-state index in [0.29, 0.717) is 165 Å². The lowest BCUT2D eigenvalue weighted by atomic mass is 10.6. The van der Waals surface area contributed by atoms with Gasteiger partial charge in [-0.15, -0.1) is 0 Å². The Bertz CT molecular complexity index is 495. The van der Waals surface area contributed by atoms with Crippen LogP contribution in [0.3, 0.4) is 0 Å². The summed E-state index contributed by atoms with van der Waals surface area (Å²) in [6.45, 7) is 16.8. The van der Waals surface area contributed by atoms with Gasteiger partial charge in [0.25, 0.3) is 0 Å². The molecule has 0 aromatic heterocycles. The summed E-state index contributed by atoms with van der Waals surface area (Å²) in [6, 6.07) is 0. The predicted octanol–water partition coefficient (Wildman–Crippen LogP) is 1.74. The lowest BCUT2D eigenvalue weighted by Crippen LogP contribution is -2.15. The summed E-state index contributed by atoms with van der Waals surface area (Å²) in [5.74, 6) is 0. The Hall–Kier alpha value is -0.460. The van der Waals surface area contributed by atoms with E-state index in [1.54, 1.807) is 0 Å². The van der Waals surface area contributed by atoms with E-state index in [1.807, 2.05) is 0 Å². The van der Waals surface area contributed by atoms with Gasteiger partial charge in [0.05, 0.1) is 165 Å². The highest BCUT2D eigenvalue weighted by Crippen LogP contribution is 1.88. The van der Waals surface area contributed by atoms with Crippen LogP contribution in [0.25, 0.3) is 0 Å². The van der Waals surface area contributed by atoms with Crippen LogP contribution < -0.4 is 0 Å². The maximum atomic E-state index is 5.47. The highest BCUT2D eigenvalue weighted by molar-refractivity contribution is 9.09. The summed E-state index contributed by atoms with van der Waals surface area (Å²) in [6.07, 6.45) is 1.40. The van der Waals surface area contributed by atoms with E-state index in [-0.39, 0.29) is 0 Å². The van der Waals surface area contributed by atoms with E-state index in [1.165, 1.54) is 6.26 Å². The van der Waals surface area contributed by atoms with Crippen molar-refractivity contribution in [2.75, 3.05) is 171 Å². The molecular weight excluding hydrogens is 624 g/mol. The van der Waals surface area contributed by atoms with Crippen LogP contribution in [-0.2, 0) is 61.6 Å². The molecule has 252 valence electrons. The van der Waals surface area contributed by atoms with E-state index in [4.69, 9.17) is 61.6 Å². The third-order valence-electron chi connectivity index (χ3n) is 4.78. The molecule has 0 saturated heterocycles. The molecule has 0 heterocycles. The Kier molecular flexibility index (Phi) is 40.1. The summed E-state index contributed by atoms with van der Waals surface area (Å²) >= 11 is 3.30. The van der Waals surface area contributed by atoms with E-state index in [2.05, 4.69) is 22.5 Å². The average Bonchev–Trinajstić information content (AvgIpc) is 3.00. The van der Waals surface area contributed by atoms with Crippen molar-refractivity contribution in [2.24, 2.45) is 0 Å². The molecule has 0 aromatic carbocycles. The molecular formula is C28H55BrO13. The minimum atomic E-state index is 0.502. The fourth-order valence-corrected chi connectivity index (χ4v) is 2.99. The van der Waals surface area contributed by atoms with Crippen LogP contribution in [0.2, 0.25) is 0 Å². The first-order valence-electron chi connectivity index (χ1n) is 14.6. The Morgan fingerprint density at radius 1 is 0.286 bits per heavy atom. The van der Waals surface area contributed by atoms with Gasteiger partial charge in [0.15, 0.2) is 0 Å². The lowest BCUT2D eigenvalue weighted by Gasteiger charge is -2.09. The van der Waals surface area contributed by atoms with Gasteiger partial charge in [0.1, 0.15) is 6.61 Å². The molecule has 0 saturated carbocycles. The maximum absolute atomic E-state index is 5.47. The van der Waals surface area contributed by atoms with Crippen molar-refractivity contribution in [2.45, 2.75) is 0 Å². The topological polar surface area (TPSA) is 120 Å². The monoisotopic (exact) mass is 678 g/mol. The fraction of sp³-hybridized carbons (Fsp3) is 0.929. The van der Waals surface area contributed by atoms with Crippen molar-refractivity contribution in [3.05, 3.63) is 12.8 Å². The molecule has 0 aromatic rings. The third-order valence-corrected chi connectivity index (χ3v) is 5.10. The van der Waals surface area contributed by atoms with E-state index in [0.717, 1.165) is 5.33 Å². The number of ether oxygens (including phenoxy) is 13. The zero-order valence-corrected chi connectivity index (χ0v) is 26.9. The first kappa shape index (κ1) is 41.5.